The molecule has 0 aliphatic heterocycles. The third-order valence-electron chi connectivity index (χ3n) is 2.92. The van der Waals surface area contributed by atoms with Crippen molar-refractivity contribution < 1.29 is 14.6 Å². The van der Waals surface area contributed by atoms with Crippen LogP contribution in [0.3, 0.4) is 0 Å². The van der Waals surface area contributed by atoms with Gasteiger partial charge in [-0.15, -0.1) is 0 Å². The van der Waals surface area contributed by atoms with Gasteiger partial charge < -0.3 is 14.6 Å². The summed E-state index contributed by atoms with van der Waals surface area (Å²) in [6, 6.07) is 16.5. The van der Waals surface area contributed by atoms with E-state index < -0.39 is 6.10 Å². The highest BCUT2D eigenvalue weighted by Gasteiger charge is 2.09. The monoisotopic (exact) mass is 317 g/mol. The molecule has 5 heteroatoms. The first-order chi connectivity index (χ1) is 10.7. The highest BCUT2D eigenvalue weighted by atomic mass is 35.5. The van der Waals surface area contributed by atoms with E-state index in [1.165, 1.54) is 6.07 Å². The van der Waals surface area contributed by atoms with Crippen molar-refractivity contribution in [1.82, 2.24) is 0 Å². The third kappa shape index (κ3) is 5.05. The van der Waals surface area contributed by atoms with Crippen molar-refractivity contribution in [2.45, 2.75) is 12.7 Å². The Morgan fingerprint density at radius 3 is 2.64 bits per heavy atom. The number of aliphatic hydroxyl groups excluding tert-OH is 1. The Morgan fingerprint density at radius 2 is 1.91 bits per heavy atom. The van der Waals surface area contributed by atoms with Crippen LogP contribution in [0, 0.1) is 11.3 Å². The van der Waals surface area contributed by atoms with Crippen molar-refractivity contribution in [2.24, 2.45) is 0 Å². The number of aliphatic hydroxyl groups is 1. The molecule has 22 heavy (non-hydrogen) atoms. The van der Waals surface area contributed by atoms with Gasteiger partial charge in [0.1, 0.15) is 24.5 Å². The molecule has 0 spiro atoms. The van der Waals surface area contributed by atoms with Gasteiger partial charge in [0.05, 0.1) is 18.8 Å². The first kappa shape index (κ1) is 16.3. The van der Waals surface area contributed by atoms with Gasteiger partial charge in [-0.3, -0.25) is 0 Å². The van der Waals surface area contributed by atoms with Crippen LogP contribution in [0.15, 0.2) is 48.5 Å². The van der Waals surface area contributed by atoms with E-state index in [1.807, 2.05) is 36.4 Å². The molecule has 0 amide bonds. The molecule has 0 radical (unpaired) electrons. The smallest absolute Gasteiger partial charge is 0.137 e. The minimum absolute atomic E-state index is 0.0467. The van der Waals surface area contributed by atoms with Crippen LogP contribution in [0.1, 0.15) is 11.1 Å². The molecule has 0 bridgehead atoms. The Balaban J connectivity index is 1.76. The molecular formula is C17H16ClNO3. The molecule has 0 saturated heterocycles. The quantitative estimate of drug-likeness (QED) is 0.852. The maximum Gasteiger partial charge on any atom is 0.137 e. The lowest BCUT2D eigenvalue weighted by atomic mass is 10.2. The molecule has 2 aromatic rings. The maximum absolute atomic E-state index is 9.85. The fourth-order valence-corrected chi connectivity index (χ4v) is 2.01. The minimum Gasteiger partial charge on any atom is -0.489 e. The Labute approximate surface area is 134 Å². The molecule has 4 nitrogen and oxygen atoms in total. The van der Waals surface area contributed by atoms with E-state index in [0.29, 0.717) is 22.9 Å². The summed E-state index contributed by atoms with van der Waals surface area (Å²) in [4.78, 5) is 0. The van der Waals surface area contributed by atoms with Gasteiger partial charge in [0.15, 0.2) is 0 Å². The van der Waals surface area contributed by atoms with Crippen LogP contribution in [-0.2, 0) is 11.3 Å². The standard InChI is InChI=1S/C17H16ClNO3/c18-15-6-7-17(14(8-15)9-19)22-12-16(20)11-21-10-13-4-2-1-3-5-13/h1-8,16,20H,10-12H2/t16-/m1/s1. The second kappa shape index (κ2) is 8.40. The molecule has 114 valence electrons. The Morgan fingerprint density at radius 1 is 1.14 bits per heavy atom. The Bertz CT molecular complexity index is 640. The summed E-state index contributed by atoms with van der Waals surface area (Å²) in [7, 11) is 0. The van der Waals surface area contributed by atoms with Crippen molar-refractivity contribution >= 4 is 11.6 Å². The van der Waals surface area contributed by atoms with Gasteiger partial charge in [-0.25, -0.2) is 0 Å². The lowest BCUT2D eigenvalue weighted by molar-refractivity contribution is 0.00544. The van der Waals surface area contributed by atoms with E-state index in [0.717, 1.165) is 5.56 Å². The van der Waals surface area contributed by atoms with E-state index in [2.05, 4.69) is 0 Å². The fourth-order valence-electron chi connectivity index (χ4n) is 1.84. The number of nitrogens with zero attached hydrogens (tertiary/aromatic N) is 1. The number of benzene rings is 2. The topological polar surface area (TPSA) is 62.5 Å². The lowest BCUT2D eigenvalue weighted by Crippen LogP contribution is -2.23. The van der Waals surface area contributed by atoms with Gasteiger partial charge in [-0.1, -0.05) is 41.9 Å². The summed E-state index contributed by atoms with van der Waals surface area (Å²) >= 11 is 5.81. The Hall–Kier alpha value is -2.06. The van der Waals surface area contributed by atoms with Crippen molar-refractivity contribution in [2.75, 3.05) is 13.2 Å². The van der Waals surface area contributed by atoms with Crippen LogP contribution >= 0.6 is 11.6 Å². The zero-order chi connectivity index (χ0) is 15.8. The molecule has 0 unspecified atom stereocenters. The van der Waals surface area contributed by atoms with E-state index >= 15 is 0 Å². The summed E-state index contributed by atoms with van der Waals surface area (Å²) in [5, 5.41) is 19.3. The normalized spacial score (nSPS) is 11.7. The van der Waals surface area contributed by atoms with Gasteiger partial charge in [0.25, 0.3) is 0 Å². The van der Waals surface area contributed by atoms with Crippen LogP contribution < -0.4 is 4.74 Å². The maximum atomic E-state index is 9.85. The van der Waals surface area contributed by atoms with Crippen molar-refractivity contribution in [1.29, 1.82) is 5.26 Å². The molecule has 0 saturated carbocycles. The molecule has 0 aliphatic rings. The molecule has 0 heterocycles. The van der Waals surface area contributed by atoms with Gasteiger partial charge in [-0.05, 0) is 23.8 Å². The van der Waals surface area contributed by atoms with Crippen molar-refractivity contribution in [3.63, 3.8) is 0 Å². The number of hydrogen-bond acceptors (Lipinski definition) is 4. The predicted molar refractivity (Wildman–Crippen MR) is 83.8 cm³/mol. The third-order valence-corrected chi connectivity index (χ3v) is 3.15. The lowest BCUT2D eigenvalue weighted by Gasteiger charge is -2.13. The first-order valence-corrected chi connectivity index (χ1v) is 7.19. The average molecular weight is 318 g/mol. The average Bonchev–Trinajstić information content (AvgIpc) is 2.54. The molecule has 2 aromatic carbocycles. The minimum atomic E-state index is -0.772. The summed E-state index contributed by atoms with van der Waals surface area (Å²) in [6.07, 6.45) is -0.772. The molecular weight excluding hydrogens is 302 g/mol. The number of hydrogen-bond donors (Lipinski definition) is 1. The number of nitriles is 1. The molecule has 0 aromatic heterocycles. The first-order valence-electron chi connectivity index (χ1n) is 6.81. The van der Waals surface area contributed by atoms with E-state index in [-0.39, 0.29) is 13.2 Å². The van der Waals surface area contributed by atoms with E-state index in [1.54, 1.807) is 12.1 Å². The SMILES string of the molecule is N#Cc1cc(Cl)ccc1OC[C@H](O)COCc1ccccc1. The van der Waals surface area contributed by atoms with E-state index in [4.69, 9.17) is 26.3 Å². The van der Waals surface area contributed by atoms with Crippen molar-refractivity contribution in [3.8, 4) is 11.8 Å². The zero-order valence-corrected chi connectivity index (χ0v) is 12.7. The highest BCUT2D eigenvalue weighted by Crippen LogP contribution is 2.22. The number of ether oxygens (including phenoxy) is 2. The van der Waals surface area contributed by atoms with Gasteiger partial charge in [0, 0.05) is 5.02 Å². The Kier molecular flexibility index (Phi) is 6.23. The fraction of sp³-hybridized carbons (Fsp3) is 0.235. The number of rotatable bonds is 7. The van der Waals surface area contributed by atoms with Gasteiger partial charge in [-0.2, -0.15) is 5.26 Å². The van der Waals surface area contributed by atoms with Gasteiger partial charge in [0.2, 0.25) is 0 Å². The summed E-state index contributed by atoms with van der Waals surface area (Å²) in [6.45, 7) is 0.637. The van der Waals surface area contributed by atoms with Crippen LogP contribution in [0.25, 0.3) is 0 Å². The molecule has 1 atom stereocenters. The highest BCUT2D eigenvalue weighted by molar-refractivity contribution is 6.30. The summed E-state index contributed by atoms with van der Waals surface area (Å²) in [5.74, 6) is 0.397. The second-order valence-electron chi connectivity index (χ2n) is 4.72. The zero-order valence-electron chi connectivity index (χ0n) is 11.9. The predicted octanol–water partition coefficient (Wildman–Crippen LogP) is 3.17. The van der Waals surface area contributed by atoms with Crippen molar-refractivity contribution in [3.05, 3.63) is 64.7 Å². The summed E-state index contributed by atoms with van der Waals surface area (Å²) < 4.78 is 10.9. The molecule has 1 N–H and O–H groups in total. The van der Waals surface area contributed by atoms with Gasteiger partial charge >= 0.3 is 0 Å². The van der Waals surface area contributed by atoms with Crippen LogP contribution in [0.4, 0.5) is 0 Å². The van der Waals surface area contributed by atoms with E-state index in [9.17, 15) is 5.11 Å². The molecule has 0 fully saturated rings. The van der Waals surface area contributed by atoms with Crippen LogP contribution in [0.2, 0.25) is 5.02 Å². The molecule has 0 aliphatic carbocycles. The summed E-state index contributed by atoms with van der Waals surface area (Å²) in [5.41, 5.74) is 1.38. The van der Waals surface area contributed by atoms with Crippen LogP contribution in [-0.4, -0.2) is 24.4 Å². The molecule has 2 rings (SSSR count). The second-order valence-corrected chi connectivity index (χ2v) is 5.15. The number of halogens is 1. The largest absolute Gasteiger partial charge is 0.489 e. The van der Waals surface area contributed by atoms with Crippen LogP contribution in [0.5, 0.6) is 5.75 Å².